The summed E-state index contributed by atoms with van der Waals surface area (Å²) < 4.78 is 17.7. The molecular weight excluding hydrogens is 472 g/mol. The third kappa shape index (κ3) is 4.72. The monoisotopic (exact) mass is 520 g/mol. The molecule has 1 N–H and O–H groups in total. The second kappa shape index (κ2) is 8.43. The maximum absolute atomic E-state index is 13.8. The summed E-state index contributed by atoms with van der Waals surface area (Å²) in [6.45, 7) is 16.6. The van der Waals surface area contributed by atoms with Crippen molar-refractivity contribution in [3.05, 3.63) is 0 Å². The zero-order chi connectivity index (χ0) is 27.9. The van der Waals surface area contributed by atoms with E-state index >= 15 is 0 Å². The van der Waals surface area contributed by atoms with Crippen molar-refractivity contribution < 1.29 is 33.7 Å². The second-order valence-corrected chi connectivity index (χ2v) is 15.1. The molecule has 4 aliphatic carbocycles. The van der Waals surface area contributed by atoms with Crippen LogP contribution in [0.4, 0.5) is 0 Å². The van der Waals surface area contributed by atoms with E-state index in [2.05, 4.69) is 0 Å². The van der Waals surface area contributed by atoms with Gasteiger partial charge < -0.3 is 19.3 Å². The first-order chi connectivity index (χ1) is 16.7. The number of carbonyl (C=O) groups excluding carboxylic acids is 3. The zero-order valence-corrected chi connectivity index (χ0v) is 24.4. The molecule has 7 heteroatoms. The largest absolute Gasteiger partial charge is 0.459 e. The Morgan fingerprint density at radius 2 is 1.57 bits per heavy atom. The number of esters is 3. The van der Waals surface area contributed by atoms with Gasteiger partial charge in [-0.3, -0.25) is 14.4 Å². The highest BCUT2D eigenvalue weighted by Crippen LogP contribution is 2.65. The molecule has 4 saturated carbocycles. The van der Waals surface area contributed by atoms with Gasteiger partial charge in [0.05, 0.1) is 22.9 Å². The van der Waals surface area contributed by atoms with E-state index in [1.807, 2.05) is 27.7 Å². The van der Waals surface area contributed by atoms with Crippen LogP contribution in [0.2, 0.25) is 0 Å². The Kier molecular flexibility index (Phi) is 6.47. The molecule has 0 aromatic rings. The van der Waals surface area contributed by atoms with Crippen molar-refractivity contribution in [1.82, 2.24) is 0 Å². The lowest BCUT2D eigenvalue weighted by Gasteiger charge is -2.64. The van der Waals surface area contributed by atoms with Gasteiger partial charge in [-0.05, 0) is 119 Å². The van der Waals surface area contributed by atoms with Crippen LogP contribution in [-0.2, 0) is 28.6 Å². The molecule has 1 saturated heterocycles. The summed E-state index contributed by atoms with van der Waals surface area (Å²) >= 11 is 0. The fourth-order valence-electron chi connectivity index (χ4n) is 8.19. The molecule has 5 fully saturated rings. The average molecular weight is 521 g/mol. The van der Waals surface area contributed by atoms with Crippen molar-refractivity contribution in [3.8, 4) is 0 Å². The number of aliphatic hydroxyl groups is 1. The summed E-state index contributed by atoms with van der Waals surface area (Å²) in [5, 5.41) is 11.3. The van der Waals surface area contributed by atoms with Crippen LogP contribution < -0.4 is 0 Å². The Morgan fingerprint density at radius 1 is 1.00 bits per heavy atom. The fourth-order valence-corrected chi connectivity index (χ4v) is 8.19. The Hall–Kier alpha value is -1.63. The molecule has 4 atom stereocenters. The standard InChI is InChI=1S/C30H48O7/c1-10-27(8,17-24(2,3)22(32)37-28(9)16-21(31)35-25(28,4)5)23(33)36-26(6,7)29-12-19-11-20(13-29)15-30(34,14-19)18-29/h19-20,34H,10-18H2,1-9H3. The molecule has 37 heavy (non-hydrogen) atoms. The molecule has 7 nitrogen and oxygen atoms in total. The maximum Gasteiger partial charge on any atom is 0.312 e. The van der Waals surface area contributed by atoms with E-state index in [9.17, 15) is 19.5 Å². The van der Waals surface area contributed by atoms with Gasteiger partial charge in [-0.25, -0.2) is 0 Å². The Labute approximate surface area is 222 Å². The first kappa shape index (κ1) is 28.4. The van der Waals surface area contributed by atoms with E-state index in [0.717, 1.165) is 25.7 Å². The predicted octanol–water partition coefficient (Wildman–Crippen LogP) is 5.50. The molecule has 210 valence electrons. The van der Waals surface area contributed by atoms with E-state index in [0.29, 0.717) is 24.7 Å². The van der Waals surface area contributed by atoms with Crippen LogP contribution in [0.1, 0.15) is 120 Å². The lowest BCUT2D eigenvalue weighted by Crippen LogP contribution is -2.63. The summed E-state index contributed by atoms with van der Waals surface area (Å²) in [6, 6.07) is 0. The third-order valence-corrected chi connectivity index (χ3v) is 10.8. The zero-order valence-electron chi connectivity index (χ0n) is 24.4. The van der Waals surface area contributed by atoms with Gasteiger partial charge in [-0.2, -0.15) is 0 Å². The van der Waals surface area contributed by atoms with Crippen LogP contribution in [0, 0.1) is 28.1 Å². The molecule has 0 aromatic carbocycles. The summed E-state index contributed by atoms with van der Waals surface area (Å²) in [5.74, 6) is -0.178. The van der Waals surface area contributed by atoms with Gasteiger partial charge in [-0.1, -0.05) is 6.92 Å². The molecule has 0 radical (unpaired) electrons. The van der Waals surface area contributed by atoms with Gasteiger partial charge in [0.25, 0.3) is 0 Å². The molecule has 0 amide bonds. The van der Waals surface area contributed by atoms with Crippen molar-refractivity contribution in [3.63, 3.8) is 0 Å². The highest BCUT2D eigenvalue weighted by atomic mass is 16.6. The SMILES string of the molecule is CCC(C)(CC(C)(C)C(=O)OC1(C)CC(=O)OC1(C)C)C(=O)OC(C)(C)C12CC3CC(CC(O)(C3)C1)C2. The van der Waals surface area contributed by atoms with Crippen molar-refractivity contribution >= 4 is 17.9 Å². The van der Waals surface area contributed by atoms with Gasteiger partial charge in [0.15, 0.2) is 5.60 Å². The number of hydrogen-bond donors (Lipinski definition) is 1. The lowest BCUT2D eigenvalue weighted by atomic mass is 9.44. The molecule has 1 heterocycles. The molecule has 4 bridgehead atoms. The van der Waals surface area contributed by atoms with E-state index in [1.54, 1.807) is 34.6 Å². The van der Waals surface area contributed by atoms with Crippen LogP contribution >= 0.6 is 0 Å². The van der Waals surface area contributed by atoms with E-state index in [4.69, 9.17) is 14.2 Å². The van der Waals surface area contributed by atoms with Crippen LogP contribution in [-0.4, -0.2) is 45.4 Å². The van der Waals surface area contributed by atoms with E-state index in [-0.39, 0.29) is 24.2 Å². The first-order valence-electron chi connectivity index (χ1n) is 14.1. The average Bonchev–Trinajstić information content (AvgIpc) is 2.90. The minimum Gasteiger partial charge on any atom is -0.459 e. The van der Waals surface area contributed by atoms with Gasteiger partial charge >= 0.3 is 17.9 Å². The molecular formula is C30H48O7. The molecule has 5 rings (SSSR count). The van der Waals surface area contributed by atoms with Crippen LogP contribution in [0.3, 0.4) is 0 Å². The van der Waals surface area contributed by atoms with Gasteiger partial charge in [0.2, 0.25) is 0 Å². The van der Waals surface area contributed by atoms with Crippen molar-refractivity contribution in [2.24, 2.45) is 28.1 Å². The summed E-state index contributed by atoms with van der Waals surface area (Å²) in [6.07, 6.45) is 6.31. The summed E-state index contributed by atoms with van der Waals surface area (Å²) in [5.41, 5.74) is -5.50. The highest BCUT2D eigenvalue weighted by Gasteiger charge is 2.64. The lowest BCUT2D eigenvalue weighted by molar-refractivity contribution is -0.237. The van der Waals surface area contributed by atoms with Gasteiger partial charge in [0, 0.05) is 5.41 Å². The maximum atomic E-state index is 13.8. The van der Waals surface area contributed by atoms with Crippen molar-refractivity contribution in [2.75, 3.05) is 0 Å². The first-order valence-corrected chi connectivity index (χ1v) is 14.1. The Morgan fingerprint density at radius 3 is 2.03 bits per heavy atom. The van der Waals surface area contributed by atoms with Gasteiger partial charge in [-0.15, -0.1) is 0 Å². The van der Waals surface area contributed by atoms with Crippen LogP contribution in [0.25, 0.3) is 0 Å². The normalized spacial score (nSPS) is 38.2. The van der Waals surface area contributed by atoms with Crippen LogP contribution in [0.15, 0.2) is 0 Å². The smallest absolute Gasteiger partial charge is 0.312 e. The molecule has 5 aliphatic rings. The minimum absolute atomic E-state index is 0.000480. The molecule has 0 aromatic heterocycles. The molecule has 0 spiro atoms. The number of ether oxygens (including phenoxy) is 3. The third-order valence-electron chi connectivity index (χ3n) is 10.8. The second-order valence-electron chi connectivity index (χ2n) is 15.1. The van der Waals surface area contributed by atoms with E-state index < -0.39 is 45.2 Å². The highest BCUT2D eigenvalue weighted by molar-refractivity contribution is 5.82. The Balaban J connectivity index is 1.49. The minimum atomic E-state index is -1.08. The number of cyclic esters (lactones) is 1. The van der Waals surface area contributed by atoms with E-state index in [1.165, 1.54) is 6.42 Å². The number of hydrogen-bond acceptors (Lipinski definition) is 7. The van der Waals surface area contributed by atoms with Gasteiger partial charge in [0.1, 0.15) is 11.2 Å². The summed E-state index contributed by atoms with van der Waals surface area (Å²) in [7, 11) is 0. The molecule has 4 unspecified atom stereocenters. The molecule has 1 aliphatic heterocycles. The fraction of sp³-hybridized carbons (Fsp3) is 0.900. The Bertz CT molecular complexity index is 964. The summed E-state index contributed by atoms with van der Waals surface area (Å²) in [4.78, 5) is 39.2. The van der Waals surface area contributed by atoms with Crippen LogP contribution in [0.5, 0.6) is 0 Å². The topological polar surface area (TPSA) is 99.1 Å². The van der Waals surface area contributed by atoms with Crippen molar-refractivity contribution in [1.29, 1.82) is 0 Å². The predicted molar refractivity (Wildman–Crippen MR) is 138 cm³/mol. The number of carbonyl (C=O) groups is 3. The quantitative estimate of drug-likeness (QED) is 0.333. The number of rotatable bonds is 8. The van der Waals surface area contributed by atoms with Crippen molar-refractivity contribution in [2.45, 2.75) is 143 Å².